The number of rotatable bonds is 1. The third-order valence-corrected chi connectivity index (χ3v) is 3.89. The van der Waals surface area contributed by atoms with Crippen molar-refractivity contribution in [3.8, 4) is 11.4 Å². The maximum atomic E-state index is 4.67. The Morgan fingerprint density at radius 2 is 1.76 bits per heavy atom. The van der Waals surface area contributed by atoms with Crippen molar-refractivity contribution in [3.63, 3.8) is 0 Å². The molecular formula is C17H14N4. The number of pyridine rings is 2. The third kappa shape index (κ3) is 1.72. The Hall–Kier alpha value is -2.75. The molecule has 0 aliphatic heterocycles. The van der Waals surface area contributed by atoms with E-state index in [9.17, 15) is 0 Å². The van der Waals surface area contributed by atoms with Gasteiger partial charge < -0.3 is 4.57 Å². The van der Waals surface area contributed by atoms with Gasteiger partial charge in [0.15, 0.2) is 5.65 Å². The average molecular weight is 274 g/mol. The summed E-state index contributed by atoms with van der Waals surface area (Å²) >= 11 is 0. The van der Waals surface area contributed by atoms with E-state index in [-0.39, 0.29) is 0 Å². The zero-order valence-corrected chi connectivity index (χ0v) is 11.9. The Labute approximate surface area is 122 Å². The molecule has 0 unspecified atom stereocenters. The summed E-state index contributed by atoms with van der Waals surface area (Å²) in [4.78, 5) is 13.6. The lowest BCUT2D eigenvalue weighted by atomic mass is 10.0. The first kappa shape index (κ1) is 12.0. The fourth-order valence-electron chi connectivity index (χ4n) is 2.76. The van der Waals surface area contributed by atoms with Crippen molar-refractivity contribution in [3.05, 3.63) is 54.4 Å². The van der Waals surface area contributed by atoms with Gasteiger partial charge >= 0.3 is 0 Å². The van der Waals surface area contributed by atoms with Crippen LogP contribution in [0.1, 0.15) is 5.56 Å². The summed E-state index contributed by atoms with van der Waals surface area (Å²) in [6.07, 6.45) is 3.59. The fraction of sp³-hybridized carbons (Fsp3) is 0.118. The van der Waals surface area contributed by atoms with Crippen LogP contribution in [0.25, 0.3) is 33.5 Å². The van der Waals surface area contributed by atoms with E-state index in [1.165, 1.54) is 5.56 Å². The lowest BCUT2D eigenvalue weighted by Crippen LogP contribution is -1.95. The molecule has 0 spiro atoms. The first-order valence-electron chi connectivity index (χ1n) is 6.88. The molecule has 4 aromatic rings. The highest BCUT2D eigenvalue weighted by Crippen LogP contribution is 2.29. The Morgan fingerprint density at radius 1 is 0.952 bits per heavy atom. The van der Waals surface area contributed by atoms with E-state index in [1.54, 1.807) is 6.20 Å². The van der Waals surface area contributed by atoms with Gasteiger partial charge in [-0.15, -0.1) is 0 Å². The Kier molecular flexibility index (Phi) is 2.51. The van der Waals surface area contributed by atoms with Crippen LogP contribution in [-0.2, 0) is 7.05 Å². The highest BCUT2D eigenvalue weighted by Gasteiger charge is 2.14. The molecule has 0 saturated carbocycles. The van der Waals surface area contributed by atoms with Crippen molar-refractivity contribution >= 4 is 22.1 Å². The zero-order valence-electron chi connectivity index (χ0n) is 11.9. The number of aromatic nitrogens is 4. The molecule has 4 heteroatoms. The van der Waals surface area contributed by atoms with Crippen molar-refractivity contribution in [2.75, 3.05) is 0 Å². The second-order valence-corrected chi connectivity index (χ2v) is 5.17. The molecule has 0 aliphatic carbocycles. The molecule has 3 heterocycles. The lowest BCUT2D eigenvalue weighted by Gasteiger charge is -2.08. The zero-order chi connectivity index (χ0) is 14.4. The molecule has 0 bridgehead atoms. The molecule has 4 nitrogen and oxygen atoms in total. The second kappa shape index (κ2) is 4.38. The SMILES string of the molecule is Cc1ccc(-c2nc3ncccc3n2C)c2ncccc12. The van der Waals surface area contributed by atoms with E-state index in [0.29, 0.717) is 0 Å². The first-order valence-corrected chi connectivity index (χ1v) is 6.88. The lowest BCUT2D eigenvalue weighted by molar-refractivity contribution is 0.960. The Morgan fingerprint density at radius 3 is 2.62 bits per heavy atom. The summed E-state index contributed by atoms with van der Waals surface area (Å²) in [6, 6.07) is 12.2. The molecular weight excluding hydrogens is 260 g/mol. The Balaban J connectivity index is 2.10. The average Bonchev–Trinajstić information content (AvgIpc) is 2.86. The standard InChI is InChI=1S/C17H14N4/c1-11-7-8-13(15-12(11)5-3-9-18-15)17-20-16-14(21(17)2)6-4-10-19-16/h3-10H,1-2H3. The van der Waals surface area contributed by atoms with Gasteiger partial charge in [0, 0.05) is 30.4 Å². The monoisotopic (exact) mass is 274 g/mol. The third-order valence-electron chi connectivity index (χ3n) is 3.89. The van der Waals surface area contributed by atoms with Crippen molar-refractivity contribution in [2.45, 2.75) is 6.92 Å². The molecule has 0 saturated heterocycles. The normalized spacial score (nSPS) is 11.3. The number of hydrogen-bond acceptors (Lipinski definition) is 3. The predicted octanol–water partition coefficient (Wildman–Crippen LogP) is 3.49. The van der Waals surface area contributed by atoms with Crippen molar-refractivity contribution in [1.29, 1.82) is 0 Å². The molecule has 0 atom stereocenters. The molecule has 0 radical (unpaired) electrons. The van der Waals surface area contributed by atoms with Gasteiger partial charge in [0.05, 0.1) is 11.0 Å². The molecule has 0 amide bonds. The van der Waals surface area contributed by atoms with Crippen LogP contribution in [0.2, 0.25) is 0 Å². The summed E-state index contributed by atoms with van der Waals surface area (Å²) in [5.74, 6) is 0.896. The van der Waals surface area contributed by atoms with E-state index in [2.05, 4.69) is 44.6 Å². The molecule has 102 valence electrons. The van der Waals surface area contributed by atoms with Gasteiger partial charge in [-0.25, -0.2) is 9.97 Å². The smallest absolute Gasteiger partial charge is 0.178 e. The van der Waals surface area contributed by atoms with Crippen LogP contribution in [0.15, 0.2) is 48.8 Å². The maximum Gasteiger partial charge on any atom is 0.178 e. The molecule has 0 aliphatic rings. The van der Waals surface area contributed by atoms with Crippen LogP contribution in [0.3, 0.4) is 0 Å². The summed E-state index contributed by atoms with van der Waals surface area (Å²) in [6.45, 7) is 2.10. The van der Waals surface area contributed by atoms with Gasteiger partial charge in [-0.1, -0.05) is 12.1 Å². The summed E-state index contributed by atoms with van der Waals surface area (Å²) in [5.41, 5.74) is 5.03. The van der Waals surface area contributed by atoms with Crippen LogP contribution in [0.4, 0.5) is 0 Å². The molecule has 4 rings (SSSR count). The number of imidazole rings is 1. The van der Waals surface area contributed by atoms with E-state index in [0.717, 1.165) is 33.5 Å². The van der Waals surface area contributed by atoms with Crippen LogP contribution < -0.4 is 0 Å². The van der Waals surface area contributed by atoms with Crippen LogP contribution in [0, 0.1) is 6.92 Å². The van der Waals surface area contributed by atoms with Gasteiger partial charge in [0.2, 0.25) is 0 Å². The largest absolute Gasteiger partial charge is 0.326 e. The fourth-order valence-corrected chi connectivity index (χ4v) is 2.76. The number of benzene rings is 1. The molecule has 21 heavy (non-hydrogen) atoms. The quantitative estimate of drug-likeness (QED) is 0.533. The maximum absolute atomic E-state index is 4.67. The summed E-state index contributed by atoms with van der Waals surface area (Å²) in [5, 5.41) is 1.16. The minimum atomic E-state index is 0.764. The topological polar surface area (TPSA) is 43.6 Å². The van der Waals surface area contributed by atoms with Gasteiger partial charge in [-0.05, 0) is 36.8 Å². The first-order chi connectivity index (χ1) is 10.3. The second-order valence-electron chi connectivity index (χ2n) is 5.17. The Bertz CT molecular complexity index is 969. The number of fused-ring (bicyclic) bond motifs is 2. The van der Waals surface area contributed by atoms with E-state index in [4.69, 9.17) is 0 Å². The van der Waals surface area contributed by atoms with Gasteiger partial charge in [-0.2, -0.15) is 0 Å². The van der Waals surface area contributed by atoms with Gasteiger partial charge in [0.25, 0.3) is 0 Å². The molecule has 0 N–H and O–H groups in total. The molecule has 0 fully saturated rings. The van der Waals surface area contributed by atoms with Crippen LogP contribution in [0.5, 0.6) is 0 Å². The van der Waals surface area contributed by atoms with Gasteiger partial charge in [-0.3, -0.25) is 4.98 Å². The van der Waals surface area contributed by atoms with Crippen molar-refractivity contribution in [2.24, 2.45) is 7.05 Å². The van der Waals surface area contributed by atoms with E-state index >= 15 is 0 Å². The van der Waals surface area contributed by atoms with Crippen LogP contribution in [-0.4, -0.2) is 19.5 Å². The summed E-state index contributed by atoms with van der Waals surface area (Å²) in [7, 11) is 2.01. The van der Waals surface area contributed by atoms with E-state index in [1.807, 2.05) is 31.4 Å². The van der Waals surface area contributed by atoms with Crippen molar-refractivity contribution in [1.82, 2.24) is 19.5 Å². The predicted molar refractivity (Wildman–Crippen MR) is 84.0 cm³/mol. The number of aryl methyl sites for hydroxylation is 2. The minimum Gasteiger partial charge on any atom is -0.326 e. The minimum absolute atomic E-state index is 0.764. The summed E-state index contributed by atoms with van der Waals surface area (Å²) < 4.78 is 2.07. The van der Waals surface area contributed by atoms with Crippen LogP contribution >= 0.6 is 0 Å². The highest BCUT2D eigenvalue weighted by atomic mass is 15.1. The van der Waals surface area contributed by atoms with Gasteiger partial charge in [0.1, 0.15) is 5.82 Å². The highest BCUT2D eigenvalue weighted by molar-refractivity contribution is 5.95. The number of nitrogens with zero attached hydrogens (tertiary/aromatic N) is 4. The van der Waals surface area contributed by atoms with E-state index < -0.39 is 0 Å². The number of hydrogen-bond donors (Lipinski definition) is 0. The molecule has 1 aromatic carbocycles. The molecule has 3 aromatic heterocycles. The van der Waals surface area contributed by atoms with Crippen molar-refractivity contribution < 1.29 is 0 Å².